The summed E-state index contributed by atoms with van der Waals surface area (Å²) in [5, 5.41) is 8.53. The van der Waals surface area contributed by atoms with Crippen LogP contribution in [0.1, 0.15) is 17.4 Å². The van der Waals surface area contributed by atoms with Crippen LogP contribution in [0.15, 0.2) is 30.5 Å². The first-order valence-corrected chi connectivity index (χ1v) is 6.31. The normalized spacial score (nSPS) is 11.8. The van der Waals surface area contributed by atoms with Crippen molar-refractivity contribution in [1.82, 2.24) is 10.2 Å². The molecule has 1 aromatic heterocycles. The second-order valence-corrected chi connectivity index (χ2v) is 4.57. The van der Waals surface area contributed by atoms with Gasteiger partial charge in [0.15, 0.2) is 6.10 Å². The van der Waals surface area contributed by atoms with Crippen molar-refractivity contribution in [2.75, 3.05) is 5.32 Å². The molecular formula is C13H11ClFN3O3. The van der Waals surface area contributed by atoms with E-state index in [0.29, 0.717) is 0 Å². The lowest BCUT2D eigenvalue weighted by Gasteiger charge is -2.13. The van der Waals surface area contributed by atoms with Crippen LogP contribution in [0.4, 0.5) is 10.1 Å². The average molecular weight is 312 g/mol. The number of hydrogen-bond donors (Lipinski definition) is 2. The van der Waals surface area contributed by atoms with Crippen LogP contribution in [-0.2, 0) is 9.53 Å². The van der Waals surface area contributed by atoms with Gasteiger partial charge in [0.25, 0.3) is 5.91 Å². The number of aromatic amines is 1. The van der Waals surface area contributed by atoms with Crippen molar-refractivity contribution in [2.45, 2.75) is 13.0 Å². The molecule has 0 aliphatic carbocycles. The Kier molecular flexibility index (Phi) is 4.54. The quantitative estimate of drug-likeness (QED) is 0.849. The zero-order valence-electron chi connectivity index (χ0n) is 10.9. The summed E-state index contributed by atoms with van der Waals surface area (Å²) in [5.41, 5.74) is 0.0705. The largest absolute Gasteiger partial charge is 0.448 e. The second-order valence-electron chi connectivity index (χ2n) is 4.13. The van der Waals surface area contributed by atoms with Crippen LogP contribution in [0.3, 0.4) is 0 Å². The summed E-state index contributed by atoms with van der Waals surface area (Å²) in [6.45, 7) is 1.37. The summed E-state index contributed by atoms with van der Waals surface area (Å²) >= 11 is 5.61. The highest BCUT2D eigenvalue weighted by molar-refractivity contribution is 6.30. The molecule has 1 amide bonds. The van der Waals surface area contributed by atoms with Crippen LogP contribution in [-0.4, -0.2) is 28.2 Å². The Morgan fingerprint density at radius 1 is 1.43 bits per heavy atom. The smallest absolute Gasteiger partial charge is 0.357 e. The maximum atomic E-state index is 13.5. The molecule has 0 saturated carbocycles. The zero-order chi connectivity index (χ0) is 15.4. The Morgan fingerprint density at radius 2 is 2.19 bits per heavy atom. The first-order chi connectivity index (χ1) is 9.97. The van der Waals surface area contributed by atoms with Crippen molar-refractivity contribution in [3.8, 4) is 0 Å². The maximum Gasteiger partial charge on any atom is 0.357 e. The van der Waals surface area contributed by atoms with Gasteiger partial charge in [0.05, 0.1) is 5.69 Å². The number of hydrogen-bond acceptors (Lipinski definition) is 4. The predicted octanol–water partition coefficient (Wildman–Crippen LogP) is 2.39. The first-order valence-electron chi connectivity index (χ1n) is 5.93. The molecule has 110 valence electrons. The van der Waals surface area contributed by atoms with Gasteiger partial charge < -0.3 is 10.1 Å². The van der Waals surface area contributed by atoms with Crippen LogP contribution in [0, 0.1) is 5.82 Å². The van der Waals surface area contributed by atoms with Crippen LogP contribution in [0.5, 0.6) is 0 Å². The molecular weight excluding hydrogens is 301 g/mol. The summed E-state index contributed by atoms with van der Waals surface area (Å²) in [4.78, 5) is 23.5. The van der Waals surface area contributed by atoms with Gasteiger partial charge in [0, 0.05) is 11.2 Å². The number of rotatable bonds is 4. The highest BCUT2D eigenvalue weighted by atomic mass is 35.5. The average Bonchev–Trinajstić information content (AvgIpc) is 2.95. The van der Waals surface area contributed by atoms with E-state index >= 15 is 0 Å². The number of nitrogens with zero attached hydrogens (tertiary/aromatic N) is 1. The van der Waals surface area contributed by atoms with E-state index in [1.807, 2.05) is 0 Å². The summed E-state index contributed by atoms with van der Waals surface area (Å²) < 4.78 is 18.5. The van der Waals surface area contributed by atoms with Crippen LogP contribution in [0.2, 0.25) is 5.02 Å². The molecule has 2 rings (SSSR count). The van der Waals surface area contributed by atoms with Gasteiger partial charge in [-0.3, -0.25) is 9.89 Å². The van der Waals surface area contributed by atoms with Crippen LogP contribution in [0.25, 0.3) is 0 Å². The summed E-state index contributed by atoms with van der Waals surface area (Å²) in [7, 11) is 0. The Balaban J connectivity index is 1.98. The number of esters is 1. The van der Waals surface area contributed by atoms with Crippen LogP contribution >= 0.6 is 11.6 Å². The molecule has 1 aromatic carbocycles. The van der Waals surface area contributed by atoms with E-state index in [1.54, 1.807) is 0 Å². The molecule has 0 aliphatic rings. The van der Waals surface area contributed by atoms with Gasteiger partial charge in [-0.1, -0.05) is 11.6 Å². The Labute approximate surface area is 124 Å². The number of carbonyl (C=O) groups excluding carboxylic acids is 2. The summed E-state index contributed by atoms with van der Waals surface area (Å²) in [5.74, 6) is -2.07. The standard InChI is InChI=1S/C13H11ClFN3O3/c1-7(21-13(20)11-4-5-16-18-11)12(19)17-10-3-2-8(14)6-9(10)15/h2-7H,1H3,(H,16,18)(H,17,19). The minimum Gasteiger partial charge on any atom is -0.448 e. The number of carbonyl (C=O) groups is 2. The predicted molar refractivity (Wildman–Crippen MR) is 73.5 cm³/mol. The van der Waals surface area contributed by atoms with Gasteiger partial charge in [-0.05, 0) is 31.2 Å². The van der Waals surface area contributed by atoms with Crippen LogP contribution < -0.4 is 5.32 Å². The molecule has 1 heterocycles. The Morgan fingerprint density at radius 3 is 2.81 bits per heavy atom. The minimum absolute atomic E-state index is 0.0474. The van der Waals surface area contributed by atoms with Crippen molar-refractivity contribution in [3.63, 3.8) is 0 Å². The molecule has 21 heavy (non-hydrogen) atoms. The molecule has 0 aliphatic heterocycles. The Bertz CT molecular complexity index is 661. The monoisotopic (exact) mass is 311 g/mol. The molecule has 0 fully saturated rings. The molecule has 0 spiro atoms. The third kappa shape index (κ3) is 3.79. The summed E-state index contributed by atoms with van der Waals surface area (Å²) in [6.07, 6.45) is 0.278. The zero-order valence-corrected chi connectivity index (χ0v) is 11.6. The molecule has 0 radical (unpaired) electrons. The number of ether oxygens (including phenoxy) is 1. The summed E-state index contributed by atoms with van der Waals surface area (Å²) in [6, 6.07) is 5.23. The van der Waals surface area contributed by atoms with E-state index in [0.717, 1.165) is 6.07 Å². The number of halogens is 2. The van der Waals surface area contributed by atoms with Gasteiger partial charge in [-0.15, -0.1) is 0 Å². The molecule has 8 heteroatoms. The van der Waals surface area contributed by atoms with Gasteiger partial charge in [0.2, 0.25) is 0 Å². The topological polar surface area (TPSA) is 84.1 Å². The lowest BCUT2D eigenvalue weighted by molar-refractivity contribution is -0.123. The second kappa shape index (κ2) is 6.36. The number of benzene rings is 1. The molecule has 0 bridgehead atoms. The van der Waals surface area contributed by atoms with Gasteiger partial charge >= 0.3 is 5.97 Å². The van der Waals surface area contributed by atoms with E-state index in [2.05, 4.69) is 15.5 Å². The number of anilines is 1. The number of aromatic nitrogens is 2. The van der Waals surface area contributed by atoms with Crippen molar-refractivity contribution in [3.05, 3.63) is 47.0 Å². The SMILES string of the molecule is CC(OC(=O)c1ccn[nH]1)C(=O)Nc1ccc(Cl)cc1F. The highest BCUT2D eigenvalue weighted by Gasteiger charge is 2.20. The van der Waals surface area contributed by atoms with Crippen molar-refractivity contribution >= 4 is 29.2 Å². The van der Waals surface area contributed by atoms with Gasteiger partial charge in [-0.2, -0.15) is 5.10 Å². The molecule has 1 unspecified atom stereocenters. The van der Waals surface area contributed by atoms with Crippen molar-refractivity contribution in [1.29, 1.82) is 0 Å². The van der Waals surface area contributed by atoms with E-state index in [4.69, 9.17) is 16.3 Å². The molecule has 0 saturated heterocycles. The van der Waals surface area contributed by atoms with Gasteiger partial charge in [0.1, 0.15) is 11.5 Å². The molecule has 2 aromatic rings. The lowest BCUT2D eigenvalue weighted by Crippen LogP contribution is -2.30. The van der Waals surface area contributed by atoms with Gasteiger partial charge in [-0.25, -0.2) is 9.18 Å². The molecule has 6 nitrogen and oxygen atoms in total. The minimum atomic E-state index is -1.10. The van der Waals surface area contributed by atoms with Crippen molar-refractivity contribution in [2.24, 2.45) is 0 Å². The third-order valence-electron chi connectivity index (χ3n) is 2.56. The van der Waals surface area contributed by atoms with E-state index in [-0.39, 0.29) is 16.4 Å². The number of amides is 1. The Hall–Kier alpha value is -2.41. The van der Waals surface area contributed by atoms with E-state index < -0.39 is 23.8 Å². The fraction of sp³-hybridized carbons (Fsp3) is 0.154. The van der Waals surface area contributed by atoms with Crippen molar-refractivity contribution < 1.29 is 18.7 Å². The number of nitrogens with one attached hydrogen (secondary N) is 2. The highest BCUT2D eigenvalue weighted by Crippen LogP contribution is 2.19. The van der Waals surface area contributed by atoms with E-state index in [1.165, 1.54) is 31.3 Å². The third-order valence-corrected chi connectivity index (χ3v) is 2.80. The molecule has 2 N–H and O–H groups in total. The first kappa shape index (κ1) is 15.0. The number of H-pyrrole nitrogens is 1. The fourth-order valence-corrected chi connectivity index (χ4v) is 1.63. The maximum absolute atomic E-state index is 13.5. The lowest BCUT2D eigenvalue weighted by atomic mass is 10.3. The molecule has 1 atom stereocenters. The fourth-order valence-electron chi connectivity index (χ4n) is 1.47. The van der Waals surface area contributed by atoms with E-state index in [9.17, 15) is 14.0 Å².